The predicted molar refractivity (Wildman–Crippen MR) is 298 cm³/mol. The molecule has 464 valence electrons. The standard InChI is InChI=1S/C55H82N12O17/c1-29(58)46(74)59-37(8-3-5-19-56)52(80)65-21-7-10-42(65)49(77)63-41(28-68)48(76)62-40(23-32-13-17-34(71)18-14-32)53(81)67-27-36(73)25-44(67)54(82)66-26-35(72)24-43(66)50(78)64-45(30(2)69)51(79)61-39(22-31-11-15-33(70)16-12-31)47(75)60-38(55(83)84)9-4-6-20-57/h11-18,29-30,35-45,68-73H,3-10,19-28,56-58H2,1-2H3,(H,59,74)(H,60,75)(H,61,79)(H,62,76)(H,63,77)(H,64,78)(H,83,84)/t29-,30+,35+,36+,37-,38-,39-,40-,41-,42-,43-,44-,45-/m0/s1. The van der Waals surface area contributed by atoms with Gasteiger partial charge in [-0.2, -0.15) is 0 Å². The number of nitrogens with one attached hydrogen (secondary N) is 6. The van der Waals surface area contributed by atoms with Crippen LogP contribution >= 0.6 is 0 Å². The summed E-state index contributed by atoms with van der Waals surface area (Å²) in [5.74, 6) is -9.63. The van der Waals surface area contributed by atoms with Crippen molar-refractivity contribution in [1.82, 2.24) is 46.6 Å². The molecule has 0 spiro atoms. The zero-order chi connectivity index (χ0) is 61.9. The summed E-state index contributed by atoms with van der Waals surface area (Å²) >= 11 is 0. The molecule has 13 atom stereocenters. The van der Waals surface area contributed by atoms with Gasteiger partial charge in [-0.3, -0.25) is 43.2 Å². The molecule has 84 heavy (non-hydrogen) atoms. The van der Waals surface area contributed by atoms with Gasteiger partial charge in [0.1, 0.15) is 65.9 Å². The monoisotopic (exact) mass is 1180 g/mol. The Balaban J connectivity index is 1.34. The van der Waals surface area contributed by atoms with Crippen molar-refractivity contribution in [2.75, 3.05) is 39.3 Å². The number of amides is 9. The summed E-state index contributed by atoms with van der Waals surface area (Å²) in [5, 5.41) is 88.1. The number of rotatable bonds is 30. The largest absolute Gasteiger partial charge is 0.508 e. The summed E-state index contributed by atoms with van der Waals surface area (Å²) < 4.78 is 0. The van der Waals surface area contributed by atoms with Crippen LogP contribution in [0.3, 0.4) is 0 Å². The first-order valence-corrected chi connectivity index (χ1v) is 28.2. The summed E-state index contributed by atoms with van der Waals surface area (Å²) in [4.78, 5) is 141. The van der Waals surface area contributed by atoms with Crippen LogP contribution < -0.4 is 49.1 Å². The number of carbonyl (C=O) groups excluding carboxylic acids is 9. The molecular weight excluding hydrogens is 1100 g/mol. The lowest BCUT2D eigenvalue weighted by Crippen LogP contribution is -2.61. The van der Waals surface area contributed by atoms with Gasteiger partial charge in [0.25, 0.3) is 0 Å². The number of nitrogens with two attached hydrogens (primary N) is 3. The van der Waals surface area contributed by atoms with E-state index in [1.807, 2.05) is 0 Å². The zero-order valence-corrected chi connectivity index (χ0v) is 47.1. The quantitative estimate of drug-likeness (QED) is 0.0325. The Morgan fingerprint density at radius 3 is 1.58 bits per heavy atom. The second-order valence-electron chi connectivity index (χ2n) is 21.6. The first kappa shape index (κ1) is 67.3. The predicted octanol–water partition coefficient (Wildman–Crippen LogP) is -5.23. The first-order chi connectivity index (χ1) is 39.9. The van der Waals surface area contributed by atoms with Crippen LogP contribution in [0, 0.1) is 0 Å². The van der Waals surface area contributed by atoms with Crippen LogP contribution in [0.25, 0.3) is 0 Å². The van der Waals surface area contributed by atoms with Crippen LogP contribution in [0.5, 0.6) is 11.5 Å². The highest BCUT2D eigenvalue weighted by atomic mass is 16.4. The number of hydrogen-bond donors (Lipinski definition) is 16. The number of aromatic hydroxyl groups is 2. The Morgan fingerprint density at radius 2 is 1.05 bits per heavy atom. The van der Waals surface area contributed by atoms with E-state index in [2.05, 4.69) is 31.9 Å². The highest BCUT2D eigenvalue weighted by Gasteiger charge is 2.49. The van der Waals surface area contributed by atoms with E-state index in [4.69, 9.17) is 17.2 Å². The van der Waals surface area contributed by atoms with Crippen LogP contribution in [-0.2, 0) is 60.8 Å². The molecule has 0 unspecified atom stereocenters. The Bertz CT molecular complexity index is 2610. The second-order valence-corrected chi connectivity index (χ2v) is 21.6. The molecule has 0 aromatic heterocycles. The highest BCUT2D eigenvalue weighted by molar-refractivity contribution is 5.99. The van der Waals surface area contributed by atoms with E-state index in [9.17, 15) is 83.7 Å². The number of phenols is 2. The summed E-state index contributed by atoms with van der Waals surface area (Å²) in [6, 6.07) is -3.16. The van der Waals surface area contributed by atoms with Crippen molar-refractivity contribution < 1.29 is 83.7 Å². The van der Waals surface area contributed by atoms with Gasteiger partial charge in [-0.25, -0.2) is 4.79 Å². The lowest BCUT2D eigenvalue weighted by Gasteiger charge is -2.33. The van der Waals surface area contributed by atoms with E-state index in [0.29, 0.717) is 49.8 Å². The SMILES string of the molecule is C[C@H](N)C(=O)N[C@@H](CCCCN)C(=O)N1CCC[C@H]1C(=O)N[C@@H](CO)C(=O)N[C@@H](Cc1ccc(O)cc1)C(=O)N1C[C@H](O)C[C@H]1C(=O)N1C[C@H](O)C[C@H]1C(=O)N[C@H](C(=O)N[C@@H](Cc1ccc(O)cc1)C(=O)N[C@@H](CCCCN)C(=O)O)[C@@H](C)O. The minimum Gasteiger partial charge on any atom is -0.508 e. The van der Waals surface area contributed by atoms with E-state index in [0.717, 1.165) is 16.7 Å². The van der Waals surface area contributed by atoms with Crippen LogP contribution in [0.1, 0.15) is 89.2 Å². The first-order valence-electron chi connectivity index (χ1n) is 28.2. The minimum absolute atomic E-state index is 0.00679. The molecule has 29 heteroatoms. The summed E-state index contributed by atoms with van der Waals surface area (Å²) in [6.07, 6.45) is -3.10. The van der Waals surface area contributed by atoms with Crippen LogP contribution in [0.15, 0.2) is 48.5 Å². The number of phenolic OH excluding ortho intramolecular Hbond substituents is 2. The molecule has 29 nitrogen and oxygen atoms in total. The molecule has 3 saturated heterocycles. The Hall–Kier alpha value is -7.54. The topological polar surface area (TPSA) is 472 Å². The molecule has 19 N–H and O–H groups in total. The minimum atomic E-state index is -1.83. The molecule has 3 aliphatic heterocycles. The molecular formula is C55H82N12O17. The number of carbonyl (C=O) groups is 10. The fraction of sp³-hybridized carbons (Fsp3) is 0.600. The molecule has 3 aliphatic rings. The van der Waals surface area contributed by atoms with Crippen LogP contribution in [0.4, 0.5) is 0 Å². The lowest BCUT2D eigenvalue weighted by atomic mass is 10.0. The van der Waals surface area contributed by atoms with Gasteiger partial charge in [0.05, 0.1) is 31.0 Å². The summed E-state index contributed by atoms with van der Waals surface area (Å²) in [7, 11) is 0. The number of aliphatic hydroxyl groups is 4. The van der Waals surface area contributed by atoms with Crippen molar-refractivity contribution in [1.29, 1.82) is 0 Å². The third kappa shape index (κ3) is 18.7. The number of nitrogens with zero attached hydrogens (tertiary/aromatic N) is 3. The van der Waals surface area contributed by atoms with Crippen LogP contribution in [0.2, 0.25) is 0 Å². The molecule has 0 radical (unpaired) electrons. The second kappa shape index (κ2) is 31.9. The number of unbranched alkanes of at least 4 members (excludes halogenated alkanes) is 2. The van der Waals surface area contributed by atoms with Crippen molar-refractivity contribution in [2.45, 2.75) is 170 Å². The van der Waals surface area contributed by atoms with Crippen molar-refractivity contribution in [2.24, 2.45) is 17.2 Å². The third-order valence-corrected chi connectivity index (χ3v) is 15.0. The number of carboxylic acids is 1. The highest BCUT2D eigenvalue weighted by Crippen LogP contribution is 2.28. The number of hydrogen-bond acceptors (Lipinski definition) is 19. The van der Waals surface area contributed by atoms with Gasteiger partial charge in [0.15, 0.2) is 0 Å². The number of aliphatic carboxylic acids is 1. The van der Waals surface area contributed by atoms with Gasteiger partial charge in [0.2, 0.25) is 53.2 Å². The number of likely N-dealkylation sites (tertiary alicyclic amines) is 3. The molecule has 2 aromatic rings. The Kier molecular flexibility index (Phi) is 25.6. The van der Waals surface area contributed by atoms with Gasteiger partial charge in [-0.1, -0.05) is 24.3 Å². The molecule has 3 fully saturated rings. The van der Waals surface area contributed by atoms with Gasteiger partial charge in [0, 0.05) is 45.3 Å². The van der Waals surface area contributed by atoms with E-state index in [1.54, 1.807) is 0 Å². The van der Waals surface area contributed by atoms with E-state index >= 15 is 0 Å². The van der Waals surface area contributed by atoms with Crippen molar-refractivity contribution in [3.63, 3.8) is 0 Å². The molecule has 5 rings (SSSR count). The number of aliphatic hydroxyl groups excluding tert-OH is 4. The smallest absolute Gasteiger partial charge is 0.326 e. The zero-order valence-electron chi connectivity index (χ0n) is 47.1. The molecule has 0 bridgehead atoms. The van der Waals surface area contributed by atoms with Crippen molar-refractivity contribution >= 4 is 59.1 Å². The average molecular weight is 1180 g/mol. The number of β-amino-alcohol motifs (C(OH)–C–C–N with tert-alkyl or cyclic N) is 2. The van der Waals surface area contributed by atoms with Gasteiger partial charge >= 0.3 is 5.97 Å². The van der Waals surface area contributed by atoms with Crippen LogP contribution in [-0.4, -0.2) is 228 Å². The fourth-order valence-electron chi connectivity index (χ4n) is 10.4. The van der Waals surface area contributed by atoms with Crippen molar-refractivity contribution in [3.05, 3.63) is 59.7 Å². The van der Waals surface area contributed by atoms with E-state index in [-0.39, 0.29) is 63.1 Å². The average Bonchev–Trinajstić information content (AvgIpc) is 3.94. The van der Waals surface area contributed by atoms with Gasteiger partial charge < -0.3 is 99.5 Å². The Morgan fingerprint density at radius 1 is 0.571 bits per heavy atom. The molecule has 9 amide bonds. The number of carboxylic acid groups (broad SMARTS) is 1. The molecule has 0 saturated carbocycles. The molecule has 2 aromatic carbocycles. The summed E-state index contributed by atoms with van der Waals surface area (Å²) in [5.41, 5.74) is 17.8. The summed E-state index contributed by atoms with van der Waals surface area (Å²) in [6.45, 7) is 1.39. The van der Waals surface area contributed by atoms with Crippen molar-refractivity contribution in [3.8, 4) is 11.5 Å². The molecule has 3 heterocycles. The normalized spacial score (nSPS) is 21.4. The Labute approximate surface area is 485 Å². The maximum atomic E-state index is 14.8. The maximum absolute atomic E-state index is 14.8. The van der Waals surface area contributed by atoms with E-state index < -0.39 is 164 Å². The van der Waals surface area contributed by atoms with E-state index in [1.165, 1.54) is 60.4 Å². The molecule has 0 aliphatic carbocycles. The van der Waals surface area contributed by atoms with Gasteiger partial charge in [-0.15, -0.1) is 0 Å². The lowest BCUT2D eigenvalue weighted by molar-refractivity contribution is -0.148. The maximum Gasteiger partial charge on any atom is 0.326 e. The van der Waals surface area contributed by atoms with Gasteiger partial charge in [-0.05, 0) is 114 Å². The third-order valence-electron chi connectivity index (χ3n) is 15.0. The number of benzene rings is 2. The fourth-order valence-corrected chi connectivity index (χ4v) is 10.4.